The minimum Gasteiger partial charge on any atom is -0.491 e. The van der Waals surface area contributed by atoms with E-state index in [1.807, 2.05) is 13.8 Å². The van der Waals surface area contributed by atoms with Crippen LogP contribution in [-0.4, -0.2) is 43.8 Å². The van der Waals surface area contributed by atoms with Crippen LogP contribution in [0.1, 0.15) is 43.5 Å². The average molecular weight is 335 g/mol. The van der Waals surface area contributed by atoms with Gasteiger partial charge in [0.05, 0.1) is 11.7 Å². The van der Waals surface area contributed by atoms with Crippen molar-refractivity contribution in [2.45, 2.75) is 45.3 Å². The highest BCUT2D eigenvalue weighted by Gasteiger charge is 2.16. The van der Waals surface area contributed by atoms with E-state index < -0.39 is 5.97 Å². The molecule has 132 valence electrons. The number of carbonyl (C=O) groups is 2. The highest BCUT2D eigenvalue weighted by Crippen LogP contribution is 2.17. The Balaban J connectivity index is 1.75. The highest BCUT2D eigenvalue weighted by molar-refractivity contribution is 5.91. The smallest absolute Gasteiger partial charge is 0.338 e. The van der Waals surface area contributed by atoms with Gasteiger partial charge >= 0.3 is 5.97 Å². The van der Waals surface area contributed by atoms with Gasteiger partial charge in [0.25, 0.3) is 5.91 Å². The molecule has 24 heavy (non-hydrogen) atoms. The van der Waals surface area contributed by atoms with Crippen molar-refractivity contribution in [3.05, 3.63) is 29.8 Å². The highest BCUT2D eigenvalue weighted by atomic mass is 16.5. The molecule has 0 spiro atoms. The summed E-state index contributed by atoms with van der Waals surface area (Å²) in [5, 5.41) is 2.74. The number of benzene rings is 1. The molecule has 1 aliphatic heterocycles. The third-order valence-corrected chi connectivity index (χ3v) is 3.90. The first kappa shape index (κ1) is 18.3. The molecule has 1 aromatic carbocycles. The number of ether oxygens (including phenoxy) is 3. The molecule has 0 aliphatic carbocycles. The number of esters is 1. The summed E-state index contributed by atoms with van der Waals surface area (Å²) in [6.07, 6.45) is 3.07. The second-order valence-corrected chi connectivity index (χ2v) is 5.92. The molecule has 1 saturated heterocycles. The summed E-state index contributed by atoms with van der Waals surface area (Å²) >= 11 is 0. The van der Waals surface area contributed by atoms with Crippen molar-refractivity contribution >= 4 is 11.9 Å². The van der Waals surface area contributed by atoms with Crippen LogP contribution in [-0.2, 0) is 14.3 Å². The molecule has 0 saturated carbocycles. The lowest BCUT2D eigenvalue weighted by Crippen LogP contribution is -2.35. The van der Waals surface area contributed by atoms with Gasteiger partial charge in [-0.2, -0.15) is 0 Å². The fourth-order valence-electron chi connectivity index (χ4n) is 2.29. The zero-order chi connectivity index (χ0) is 17.4. The van der Waals surface area contributed by atoms with Crippen LogP contribution in [0.15, 0.2) is 24.3 Å². The van der Waals surface area contributed by atoms with E-state index in [9.17, 15) is 9.59 Å². The van der Waals surface area contributed by atoms with Crippen LogP contribution >= 0.6 is 0 Å². The van der Waals surface area contributed by atoms with Gasteiger partial charge in [0.2, 0.25) is 0 Å². The van der Waals surface area contributed by atoms with Gasteiger partial charge in [0, 0.05) is 12.6 Å². The van der Waals surface area contributed by atoms with Gasteiger partial charge in [0.15, 0.2) is 6.61 Å². The van der Waals surface area contributed by atoms with Gasteiger partial charge in [-0.05, 0) is 50.5 Å². The van der Waals surface area contributed by atoms with Crippen molar-refractivity contribution in [1.82, 2.24) is 5.32 Å². The molecule has 0 bridgehead atoms. The molecule has 1 aliphatic rings. The molecular weight excluding hydrogens is 310 g/mol. The van der Waals surface area contributed by atoms with Gasteiger partial charge in [-0.3, -0.25) is 4.79 Å². The molecule has 2 atom stereocenters. The summed E-state index contributed by atoms with van der Waals surface area (Å²) in [5.41, 5.74) is 0.385. The van der Waals surface area contributed by atoms with E-state index >= 15 is 0 Å². The Bertz CT molecular complexity index is 537. The topological polar surface area (TPSA) is 73.9 Å². The van der Waals surface area contributed by atoms with Gasteiger partial charge in [0.1, 0.15) is 12.4 Å². The van der Waals surface area contributed by atoms with Crippen molar-refractivity contribution in [3.63, 3.8) is 0 Å². The number of carbonyl (C=O) groups excluding carboxylic acids is 2. The summed E-state index contributed by atoms with van der Waals surface area (Å²) in [4.78, 5) is 23.5. The molecule has 1 heterocycles. The van der Waals surface area contributed by atoms with Gasteiger partial charge in [-0.15, -0.1) is 0 Å². The van der Waals surface area contributed by atoms with Gasteiger partial charge in [-0.1, -0.05) is 6.92 Å². The monoisotopic (exact) mass is 335 g/mol. The fraction of sp³-hybridized carbons (Fsp3) is 0.556. The molecule has 0 unspecified atom stereocenters. The quantitative estimate of drug-likeness (QED) is 0.738. The van der Waals surface area contributed by atoms with Crippen LogP contribution in [0.5, 0.6) is 5.75 Å². The van der Waals surface area contributed by atoms with Gasteiger partial charge in [-0.25, -0.2) is 4.79 Å². The number of amides is 1. The zero-order valence-electron chi connectivity index (χ0n) is 14.2. The number of nitrogens with one attached hydrogen (secondary N) is 1. The lowest BCUT2D eigenvalue weighted by molar-refractivity contribution is -0.124. The first-order valence-electron chi connectivity index (χ1n) is 8.39. The first-order valence-corrected chi connectivity index (χ1v) is 8.39. The molecule has 0 aromatic heterocycles. The third kappa shape index (κ3) is 5.85. The Morgan fingerprint density at radius 3 is 2.71 bits per heavy atom. The third-order valence-electron chi connectivity index (χ3n) is 3.90. The van der Waals surface area contributed by atoms with E-state index in [0.29, 0.717) is 17.9 Å². The number of rotatable bonds is 8. The minimum atomic E-state index is -0.528. The average Bonchev–Trinajstić information content (AvgIpc) is 3.11. The van der Waals surface area contributed by atoms with E-state index in [1.54, 1.807) is 24.3 Å². The van der Waals surface area contributed by atoms with E-state index in [2.05, 4.69) is 5.32 Å². The lowest BCUT2D eigenvalue weighted by atomic mass is 10.2. The maximum atomic E-state index is 11.9. The Morgan fingerprint density at radius 1 is 1.33 bits per heavy atom. The summed E-state index contributed by atoms with van der Waals surface area (Å²) < 4.78 is 16.1. The number of hydrogen-bond acceptors (Lipinski definition) is 5. The Kier molecular flexibility index (Phi) is 7.06. The summed E-state index contributed by atoms with van der Waals surface area (Å²) in [5.74, 6) is -0.147. The van der Waals surface area contributed by atoms with Gasteiger partial charge < -0.3 is 19.5 Å². The fourth-order valence-corrected chi connectivity index (χ4v) is 2.29. The summed E-state index contributed by atoms with van der Waals surface area (Å²) in [6, 6.07) is 6.74. The Morgan fingerprint density at radius 2 is 2.08 bits per heavy atom. The summed E-state index contributed by atoms with van der Waals surface area (Å²) in [6.45, 7) is 4.90. The van der Waals surface area contributed by atoms with E-state index in [0.717, 1.165) is 25.9 Å². The van der Waals surface area contributed by atoms with Crippen molar-refractivity contribution in [3.8, 4) is 5.75 Å². The standard InChI is InChI=1S/C18H25NO5/c1-3-13(2)19-17(20)12-24-18(21)14-6-8-15(9-7-14)23-11-16-5-4-10-22-16/h6-9,13,16H,3-5,10-12H2,1-2H3,(H,19,20)/t13-,16+/m1/s1. The lowest BCUT2D eigenvalue weighted by Gasteiger charge is -2.12. The Labute approximate surface area is 142 Å². The molecule has 2 rings (SSSR count). The Hall–Kier alpha value is -2.08. The minimum absolute atomic E-state index is 0.0662. The largest absolute Gasteiger partial charge is 0.491 e. The predicted octanol–water partition coefficient (Wildman–Crippen LogP) is 2.32. The molecular formula is C18H25NO5. The van der Waals surface area contributed by atoms with E-state index in [1.165, 1.54) is 0 Å². The second kappa shape index (κ2) is 9.27. The van der Waals surface area contributed by atoms with E-state index in [-0.39, 0.29) is 24.7 Å². The van der Waals surface area contributed by atoms with Crippen molar-refractivity contribution in [2.75, 3.05) is 19.8 Å². The molecule has 0 radical (unpaired) electrons. The maximum absolute atomic E-state index is 11.9. The number of hydrogen-bond donors (Lipinski definition) is 1. The summed E-state index contributed by atoms with van der Waals surface area (Å²) in [7, 11) is 0. The second-order valence-electron chi connectivity index (χ2n) is 5.92. The molecule has 1 fully saturated rings. The van der Waals surface area contributed by atoms with Crippen LogP contribution < -0.4 is 10.1 Å². The molecule has 1 N–H and O–H groups in total. The first-order chi connectivity index (χ1) is 11.6. The predicted molar refractivity (Wildman–Crippen MR) is 89.1 cm³/mol. The molecule has 1 aromatic rings. The normalized spacial score (nSPS) is 18.0. The van der Waals surface area contributed by atoms with Crippen molar-refractivity contribution in [1.29, 1.82) is 0 Å². The van der Waals surface area contributed by atoms with Crippen LogP contribution in [0.3, 0.4) is 0 Å². The van der Waals surface area contributed by atoms with Crippen LogP contribution in [0, 0.1) is 0 Å². The molecule has 1 amide bonds. The van der Waals surface area contributed by atoms with Crippen molar-refractivity contribution < 1.29 is 23.8 Å². The van der Waals surface area contributed by atoms with Crippen molar-refractivity contribution in [2.24, 2.45) is 0 Å². The molecule has 6 nitrogen and oxygen atoms in total. The SMILES string of the molecule is CC[C@@H](C)NC(=O)COC(=O)c1ccc(OC[C@@H]2CCCO2)cc1. The van der Waals surface area contributed by atoms with Crippen LogP contribution in [0.4, 0.5) is 0 Å². The van der Waals surface area contributed by atoms with Crippen LogP contribution in [0.2, 0.25) is 0 Å². The zero-order valence-corrected chi connectivity index (χ0v) is 14.2. The maximum Gasteiger partial charge on any atom is 0.338 e. The molecule has 6 heteroatoms. The van der Waals surface area contributed by atoms with Crippen LogP contribution in [0.25, 0.3) is 0 Å². The van der Waals surface area contributed by atoms with E-state index in [4.69, 9.17) is 14.2 Å².